The van der Waals surface area contributed by atoms with E-state index >= 15 is 0 Å². The summed E-state index contributed by atoms with van der Waals surface area (Å²) in [6, 6.07) is 0. The van der Waals surface area contributed by atoms with Crippen molar-refractivity contribution in [3.05, 3.63) is 0 Å². The first-order valence-electron chi connectivity index (χ1n) is 9.15. The van der Waals surface area contributed by atoms with E-state index in [1.165, 1.54) is 0 Å². The lowest BCUT2D eigenvalue weighted by Gasteiger charge is -2.37. The number of hydrogen-bond donors (Lipinski definition) is 1. The van der Waals surface area contributed by atoms with Crippen molar-refractivity contribution in [3.63, 3.8) is 0 Å². The lowest BCUT2D eigenvalue weighted by Crippen LogP contribution is -2.45. The Kier molecular flexibility index (Phi) is 7.97. The average Bonchev–Trinajstić information content (AvgIpc) is 2.32. The zero-order valence-corrected chi connectivity index (χ0v) is 17.7. The van der Waals surface area contributed by atoms with Gasteiger partial charge in [0.1, 0.15) is 5.60 Å². The third kappa shape index (κ3) is 9.63. The fourth-order valence-electron chi connectivity index (χ4n) is 2.35. The van der Waals surface area contributed by atoms with Crippen molar-refractivity contribution in [1.29, 1.82) is 0 Å². The summed E-state index contributed by atoms with van der Waals surface area (Å²) in [6.45, 7) is 20.8. The van der Waals surface area contributed by atoms with Gasteiger partial charge in [-0.05, 0) is 59.8 Å². The van der Waals surface area contributed by atoms with Gasteiger partial charge >= 0.3 is 5.97 Å². The van der Waals surface area contributed by atoms with Crippen LogP contribution in [0.1, 0.15) is 88.5 Å². The summed E-state index contributed by atoms with van der Waals surface area (Å²) in [7, 11) is 0. The monoisotopic (exact) mass is 343 g/mol. The Morgan fingerprint density at radius 1 is 1.00 bits per heavy atom. The van der Waals surface area contributed by atoms with Crippen LogP contribution in [0.25, 0.3) is 0 Å². The van der Waals surface area contributed by atoms with E-state index in [-0.39, 0.29) is 28.4 Å². The largest absolute Gasteiger partial charge is 0.459 e. The van der Waals surface area contributed by atoms with Crippen LogP contribution in [0.15, 0.2) is 0 Å². The van der Waals surface area contributed by atoms with Crippen molar-refractivity contribution in [3.8, 4) is 0 Å². The van der Waals surface area contributed by atoms with E-state index in [4.69, 9.17) is 15.2 Å². The molecular weight excluding hydrogens is 302 g/mol. The Morgan fingerprint density at radius 3 is 1.88 bits per heavy atom. The molecule has 2 unspecified atom stereocenters. The van der Waals surface area contributed by atoms with E-state index in [0.29, 0.717) is 19.4 Å². The second kappa shape index (κ2) is 8.18. The molecule has 0 aromatic heterocycles. The van der Waals surface area contributed by atoms with E-state index in [1.54, 1.807) is 0 Å². The number of carbonyl (C=O) groups is 1. The predicted molar refractivity (Wildman–Crippen MR) is 101 cm³/mol. The molecule has 0 saturated heterocycles. The summed E-state index contributed by atoms with van der Waals surface area (Å²) < 4.78 is 11.6. The van der Waals surface area contributed by atoms with Crippen molar-refractivity contribution in [1.82, 2.24) is 0 Å². The molecule has 0 aliphatic heterocycles. The SMILES string of the molecule is CCC(C)(N)CC(C(=O)OC(C)(C)CCOC(C)(C)C)C(C)(C)C. The lowest BCUT2D eigenvalue weighted by atomic mass is 9.73. The van der Waals surface area contributed by atoms with E-state index in [2.05, 4.69) is 27.7 Å². The maximum absolute atomic E-state index is 12.8. The third-order valence-corrected chi connectivity index (χ3v) is 4.42. The first-order valence-corrected chi connectivity index (χ1v) is 9.15. The highest BCUT2D eigenvalue weighted by molar-refractivity contribution is 5.74. The van der Waals surface area contributed by atoms with Crippen LogP contribution in [0.4, 0.5) is 0 Å². The van der Waals surface area contributed by atoms with Gasteiger partial charge in [-0.3, -0.25) is 4.79 Å². The molecular formula is C20H41NO3. The lowest BCUT2D eigenvalue weighted by molar-refractivity contribution is -0.169. The molecule has 0 radical (unpaired) electrons. The molecule has 0 rings (SSSR count). The first kappa shape index (κ1) is 23.4. The van der Waals surface area contributed by atoms with Crippen LogP contribution in [-0.4, -0.2) is 29.3 Å². The molecule has 0 aromatic rings. The molecule has 0 amide bonds. The molecule has 0 aliphatic rings. The highest BCUT2D eigenvalue weighted by Gasteiger charge is 2.39. The standard InChI is InChI=1S/C20H41NO3/c1-11-20(10,21)14-15(17(2,3)4)16(22)24-19(8,9)12-13-23-18(5,6)7/h15H,11-14,21H2,1-10H3. The average molecular weight is 344 g/mol. The number of hydrogen-bond acceptors (Lipinski definition) is 4. The van der Waals surface area contributed by atoms with E-state index < -0.39 is 5.60 Å². The minimum Gasteiger partial charge on any atom is -0.459 e. The predicted octanol–water partition coefficient (Wildman–Crippen LogP) is 4.69. The number of ether oxygens (including phenoxy) is 2. The maximum Gasteiger partial charge on any atom is 0.310 e. The number of rotatable bonds is 8. The van der Waals surface area contributed by atoms with Crippen molar-refractivity contribution < 1.29 is 14.3 Å². The van der Waals surface area contributed by atoms with Gasteiger partial charge in [-0.2, -0.15) is 0 Å². The second-order valence-corrected chi connectivity index (χ2v) is 10.0. The molecule has 0 saturated carbocycles. The van der Waals surface area contributed by atoms with Crippen molar-refractivity contribution in [2.45, 2.75) is 105 Å². The molecule has 4 nitrogen and oxygen atoms in total. The van der Waals surface area contributed by atoms with Gasteiger partial charge in [0.2, 0.25) is 0 Å². The molecule has 0 spiro atoms. The first-order chi connectivity index (χ1) is 10.5. The number of nitrogens with two attached hydrogens (primary N) is 1. The van der Waals surface area contributed by atoms with E-state index in [0.717, 1.165) is 6.42 Å². The summed E-state index contributed by atoms with van der Waals surface area (Å²) in [4.78, 5) is 12.8. The van der Waals surface area contributed by atoms with Crippen molar-refractivity contribution in [2.24, 2.45) is 17.1 Å². The highest BCUT2D eigenvalue weighted by atomic mass is 16.6. The fourth-order valence-corrected chi connectivity index (χ4v) is 2.35. The van der Waals surface area contributed by atoms with Crippen LogP contribution >= 0.6 is 0 Å². The zero-order chi connectivity index (χ0) is 19.4. The maximum atomic E-state index is 12.8. The smallest absolute Gasteiger partial charge is 0.310 e. The van der Waals surface area contributed by atoms with Gasteiger partial charge in [0, 0.05) is 12.0 Å². The van der Waals surface area contributed by atoms with Gasteiger partial charge in [-0.15, -0.1) is 0 Å². The Bertz CT molecular complexity index is 400. The third-order valence-electron chi connectivity index (χ3n) is 4.42. The molecule has 144 valence electrons. The summed E-state index contributed by atoms with van der Waals surface area (Å²) >= 11 is 0. The molecule has 0 heterocycles. The zero-order valence-electron chi connectivity index (χ0n) is 17.7. The Labute approximate surface area is 149 Å². The van der Waals surface area contributed by atoms with Crippen LogP contribution in [0.2, 0.25) is 0 Å². The van der Waals surface area contributed by atoms with Gasteiger partial charge in [0.15, 0.2) is 0 Å². The Morgan fingerprint density at radius 2 is 1.50 bits per heavy atom. The second-order valence-electron chi connectivity index (χ2n) is 10.0. The molecule has 24 heavy (non-hydrogen) atoms. The minimum atomic E-state index is -0.553. The van der Waals surface area contributed by atoms with Crippen LogP contribution in [-0.2, 0) is 14.3 Å². The van der Waals surface area contributed by atoms with Crippen LogP contribution < -0.4 is 5.73 Å². The van der Waals surface area contributed by atoms with Crippen LogP contribution in [0.3, 0.4) is 0 Å². The Hall–Kier alpha value is -0.610. The summed E-state index contributed by atoms with van der Waals surface area (Å²) in [6.07, 6.45) is 2.12. The quantitative estimate of drug-likeness (QED) is 0.649. The van der Waals surface area contributed by atoms with Crippen LogP contribution in [0.5, 0.6) is 0 Å². The van der Waals surface area contributed by atoms with Gasteiger partial charge in [-0.1, -0.05) is 27.7 Å². The minimum absolute atomic E-state index is 0.159. The molecule has 2 N–H and O–H groups in total. The van der Waals surface area contributed by atoms with Crippen molar-refractivity contribution in [2.75, 3.05) is 6.61 Å². The molecule has 0 bridgehead atoms. The highest BCUT2D eigenvalue weighted by Crippen LogP contribution is 2.35. The number of carbonyl (C=O) groups excluding carboxylic acids is 1. The summed E-state index contributed by atoms with van der Waals surface area (Å²) in [5.41, 5.74) is 5.02. The van der Waals surface area contributed by atoms with Crippen molar-refractivity contribution >= 4 is 5.97 Å². The fraction of sp³-hybridized carbons (Fsp3) is 0.950. The van der Waals surface area contributed by atoms with Gasteiger partial charge in [0.05, 0.1) is 18.1 Å². The summed E-state index contributed by atoms with van der Waals surface area (Å²) in [5, 5.41) is 0. The molecule has 0 fully saturated rings. The normalized spacial score (nSPS) is 17.3. The van der Waals surface area contributed by atoms with Gasteiger partial charge < -0.3 is 15.2 Å². The Balaban J connectivity index is 4.92. The van der Waals surface area contributed by atoms with Gasteiger partial charge in [0.25, 0.3) is 0 Å². The summed E-state index contributed by atoms with van der Waals surface area (Å²) in [5.74, 6) is -0.386. The molecule has 2 atom stereocenters. The van der Waals surface area contributed by atoms with E-state index in [1.807, 2.05) is 41.5 Å². The van der Waals surface area contributed by atoms with E-state index in [9.17, 15) is 4.79 Å². The number of esters is 1. The van der Waals surface area contributed by atoms with Crippen LogP contribution in [0, 0.1) is 11.3 Å². The van der Waals surface area contributed by atoms with Gasteiger partial charge in [-0.25, -0.2) is 0 Å². The topological polar surface area (TPSA) is 61.6 Å². The molecule has 0 aromatic carbocycles. The molecule has 4 heteroatoms. The molecule has 0 aliphatic carbocycles.